The molecule has 0 atom stereocenters. The summed E-state index contributed by atoms with van der Waals surface area (Å²) in [5, 5.41) is 0. The lowest BCUT2D eigenvalue weighted by molar-refractivity contribution is 0.295. The van der Waals surface area contributed by atoms with E-state index in [9.17, 15) is 0 Å². The molecule has 1 aliphatic rings. The highest BCUT2D eigenvalue weighted by molar-refractivity contribution is 5.34. The molecule has 1 rings (SSSR count). The third kappa shape index (κ3) is 1.84. The van der Waals surface area contributed by atoms with Crippen LogP contribution in [-0.2, 0) is 0 Å². The Balaban J connectivity index is 3.02. The summed E-state index contributed by atoms with van der Waals surface area (Å²) in [6.45, 7) is 12.4. The van der Waals surface area contributed by atoms with Crippen molar-refractivity contribution in [1.29, 1.82) is 0 Å². The minimum absolute atomic E-state index is 0.245. The highest BCUT2D eigenvalue weighted by atomic mass is 14.4. The van der Waals surface area contributed by atoms with Crippen LogP contribution in [0.15, 0.2) is 36.5 Å². The maximum atomic E-state index is 4.18. The molecule has 0 heteroatoms. The van der Waals surface area contributed by atoms with Crippen molar-refractivity contribution in [3.05, 3.63) is 36.5 Å². The van der Waals surface area contributed by atoms with E-state index in [1.54, 1.807) is 0 Å². The highest BCUT2D eigenvalue weighted by Crippen LogP contribution is 2.47. The third-order valence-electron chi connectivity index (χ3n) is 3.61. The zero-order valence-electron chi connectivity index (χ0n) is 9.60. The Bertz CT molecular complexity index is 249. The fourth-order valence-corrected chi connectivity index (χ4v) is 2.71. The molecule has 0 radical (unpaired) electrons. The zero-order valence-corrected chi connectivity index (χ0v) is 9.60. The van der Waals surface area contributed by atoms with Crippen molar-refractivity contribution in [2.45, 2.75) is 46.0 Å². The SMILES string of the molecule is C=C/C(=C\C)C1(C(=C)C)CCCCC1. The van der Waals surface area contributed by atoms with Gasteiger partial charge in [0.1, 0.15) is 0 Å². The van der Waals surface area contributed by atoms with Crippen LogP contribution in [0, 0.1) is 5.41 Å². The van der Waals surface area contributed by atoms with Gasteiger partial charge in [0.25, 0.3) is 0 Å². The molecule has 0 spiro atoms. The van der Waals surface area contributed by atoms with Crippen LogP contribution in [0.5, 0.6) is 0 Å². The minimum Gasteiger partial charge on any atom is -0.0992 e. The highest BCUT2D eigenvalue weighted by Gasteiger charge is 2.34. The second-order valence-corrected chi connectivity index (χ2v) is 4.37. The molecule has 0 saturated heterocycles. The maximum absolute atomic E-state index is 4.18. The van der Waals surface area contributed by atoms with Gasteiger partial charge < -0.3 is 0 Å². The summed E-state index contributed by atoms with van der Waals surface area (Å²) in [5.41, 5.74) is 2.93. The van der Waals surface area contributed by atoms with Gasteiger partial charge in [0.2, 0.25) is 0 Å². The van der Waals surface area contributed by atoms with Gasteiger partial charge >= 0.3 is 0 Å². The Morgan fingerprint density at radius 2 is 1.79 bits per heavy atom. The van der Waals surface area contributed by atoms with E-state index in [0.717, 1.165) is 0 Å². The van der Waals surface area contributed by atoms with Crippen LogP contribution in [-0.4, -0.2) is 0 Å². The fraction of sp³-hybridized carbons (Fsp3) is 0.571. The lowest BCUT2D eigenvalue weighted by Crippen LogP contribution is -2.26. The molecule has 0 nitrogen and oxygen atoms in total. The lowest BCUT2D eigenvalue weighted by atomic mass is 9.65. The van der Waals surface area contributed by atoms with Gasteiger partial charge in [0.05, 0.1) is 0 Å². The van der Waals surface area contributed by atoms with Crippen molar-refractivity contribution in [2.75, 3.05) is 0 Å². The van der Waals surface area contributed by atoms with Crippen molar-refractivity contribution in [1.82, 2.24) is 0 Å². The van der Waals surface area contributed by atoms with Gasteiger partial charge in [-0.3, -0.25) is 0 Å². The predicted molar refractivity (Wildman–Crippen MR) is 64.3 cm³/mol. The predicted octanol–water partition coefficient (Wildman–Crippen LogP) is 4.65. The van der Waals surface area contributed by atoms with Crippen LogP contribution >= 0.6 is 0 Å². The zero-order chi connectivity index (χ0) is 10.6. The van der Waals surface area contributed by atoms with Crippen molar-refractivity contribution in [3.63, 3.8) is 0 Å². The van der Waals surface area contributed by atoms with E-state index in [1.807, 2.05) is 6.08 Å². The first-order valence-corrected chi connectivity index (χ1v) is 5.62. The number of hydrogen-bond donors (Lipinski definition) is 0. The summed E-state index contributed by atoms with van der Waals surface area (Å²) >= 11 is 0. The third-order valence-corrected chi connectivity index (χ3v) is 3.61. The van der Waals surface area contributed by atoms with Crippen LogP contribution in [0.2, 0.25) is 0 Å². The summed E-state index contributed by atoms with van der Waals surface area (Å²) in [6.07, 6.45) is 10.8. The molecule has 1 saturated carbocycles. The molecule has 0 bridgehead atoms. The molecule has 0 N–H and O–H groups in total. The molecule has 0 aromatic carbocycles. The first kappa shape index (κ1) is 11.3. The van der Waals surface area contributed by atoms with E-state index in [1.165, 1.54) is 43.3 Å². The van der Waals surface area contributed by atoms with Crippen LogP contribution in [0.25, 0.3) is 0 Å². The van der Waals surface area contributed by atoms with Crippen LogP contribution in [0.3, 0.4) is 0 Å². The monoisotopic (exact) mass is 190 g/mol. The summed E-state index contributed by atoms with van der Waals surface area (Å²) in [6, 6.07) is 0. The van der Waals surface area contributed by atoms with Gasteiger partial charge in [-0.1, -0.05) is 50.1 Å². The fourth-order valence-electron chi connectivity index (χ4n) is 2.71. The van der Waals surface area contributed by atoms with Gasteiger partial charge in [0.15, 0.2) is 0 Å². The molecule has 0 amide bonds. The largest absolute Gasteiger partial charge is 0.0992 e. The van der Waals surface area contributed by atoms with E-state index in [-0.39, 0.29) is 5.41 Å². The van der Waals surface area contributed by atoms with Crippen molar-refractivity contribution < 1.29 is 0 Å². The molecular formula is C14H22. The smallest absolute Gasteiger partial charge is 0.0153 e. The van der Waals surface area contributed by atoms with Gasteiger partial charge in [-0.05, 0) is 32.3 Å². The Labute approximate surface area is 88.4 Å². The molecule has 14 heavy (non-hydrogen) atoms. The Kier molecular flexibility index (Phi) is 3.74. The van der Waals surface area contributed by atoms with E-state index in [0.29, 0.717) is 0 Å². The van der Waals surface area contributed by atoms with Gasteiger partial charge in [-0.25, -0.2) is 0 Å². The first-order chi connectivity index (χ1) is 6.67. The molecular weight excluding hydrogens is 168 g/mol. The van der Waals surface area contributed by atoms with Gasteiger partial charge in [-0.15, -0.1) is 0 Å². The number of hydrogen-bond acceptors (Lipinski definition) is 0. The Morgan fingerprint density at radius 3 is 2.14 bits per heavy atom. The van der Waals surface area contributed by atoms with E-state index in [2.05, 4.69) is 33.1 Å². The first-order valence-electron chi connectivity index (χ1n) is 5.62. The average molecular weight is 190 g/mol. The summed E-state index contributed by atoms with van der Waals surface area (Å²) < 4.78 is 0. The standard InChI is InChI=1S/C14H22/c1-5-13(6-2)14(12(3)4)10-8-7-9-11-14/h5-6H,1,3,7-11H2,2,4H3/b13-6+. The summed E-state index contributed by atoms with van der Waals surface area (Å²) in [5.74, 6) is 0. The molecule has 0 aromatic rings. The van der Waals surface area contributed by atoms with E-state index in [4.69, 9.17) is 0 Å². The molecule has 1 fully saturated rings. The molecule has 78 valence electrons. The number of rotatable bonds is 3. The summed E-state index contributed by atoms with van der Waals surface area (Å²) in [7, 11) is 0. The average Bonchev–Trinajstić information content (AvgIpc) is 2.21. The number of allylic oxidation sites excluding steroid dienone is 4. The topological polar surface area (TPSA) is 0 Å². The molecule has 0 heterocycles. The second-order valence-electron chi connectivity index (χ2n) is 4.37. The lowest BCUT2D eigenvalue weighted by Gasteiger charge is -2.39. The van der Waals surface area contributed by atoms with Gasteiger partial charge in [0, 0.05) is 5.41 Å². The van der Waals surface area contributed by atoms with E-state index < -0.39 is 0 Å². The summed E-state index contributed by atoms with van der Waals surface area (Å²) in [4.78, 5) is 0. The van der Waals surface area contributed by atoms with Crippen molar-refractivity contribution in [2.24, 2.45) is 5.41 Å². The minimum atomic E-state index is 0.245. The van der Waals surface area contributed by atoms with Crippen molar-refractivity contribution in [3.8, 4) is 0 Å². The van der Waals surface area contributed by atoms with Crippen molar-refractivity contribution >= 4 is 0 Å². The maximum Gasteiger partial charge on any atom is 0.0153 e. The Hall–Kier alpha value is -0.780. The quantitative estimate of drug-likeness (QED) is 0.449. The molecule has 0 aliphatic heterocycles. The van der Waals surface area contributed by atoms with Crippen LogP contribution in [0.1, 0.15) is 46.0 Å². The Morgan fingerprint density at radius 1 is 1.21 bits per heavy atom. The molecule has 0 unspecified atom stereocenters. The van der Waals surface area contributed by atoms with Gasteiger partial charge in [-0.2, -0.15) is 0 Å². The second kappa shape index (κ2) is 4.63. The van der Waals surface area contributed by atoms with Crippen LogP contribution < -0.4 is 0 Å². The molecule has 1 aliphatic carbocycles. The van der Waals surface area contributed by atoms with Crippen LogP contribution in [0.4, 0.5) is 0 Å². The van der Waals surface area contributed by atoms with E-state index >= 15 is 0 Å². The molecule has 0 aromatic heterocycles. The normalized spacial score (nSPS) is 21.7.